The number of carbonyl (C=O) groups excluding carboxylic acids is 6. The number of carboxylic acid groups (broad SMARTS) is 2. The lowest BCUT2D eigenvalue weighted by Crippen LogP contribution is -2.55. The van der Waals surface area contributed by atoms with Gasteiger partial charge in [-0.3, -0.25) is 28.8 Å². The van der Waals surface area contributed by atoms with Crippen molar-refractivity contribution in [3.8, 4) is 11.5 Å². The number of rotatable bonds is 21. The van der Waals surface area contributed by atoms with Crippen LogP contribution in [0.1, 0.15) is 131 Å². The maximum atomic E-state index is 15.1. The van der Waals surface area contributed by atoms with Gasteiger partial charge in [0.2, 0.25) is 17.6 Å². The van der Waals surface area contributed by atoms with Gasteiger partial charge in [0, 0.05) is 43.7 Å². The fourth-order valence-corrected chi connectivity index (χ4v) is 8.49. The van der Waals surface area contributed by atoms with Gasteiger partial charge >= 0.3 is 11.9 Å². The highest BCUT2D eigenvalue weighted by molar-refractivity contribution is 6.38. The van der Waals surface area contributed by atoms with Crippen molar-refractivity contribution in [1.29, 1.82) is 0 Å². The molecule has 2 aromatic rings. The van der Waals surface area contributed by atoms with Gasteiger partial charge in [0.05, 0.1) is 37.5 Å². The van der Waals surface area contributed by atoms with Crippen molar-refractivity contribution < 1.29 is 80.3 Å². The summed E-state index contributed by atoms with van der Waals surface area (Å²) in [7, 11) is 2.63. The van der Waals surface area contributed by atoms with E-state index in [-0.39, 0.29) is 36.4 Å². The molecule has 3 amide bonds. The summed E-state index contributed by atoms with van der Waals surface area (Å²) in [6.07, 6.45) is 0.288. The van der Waals surface area contributed by atoms with Gasteiger partial charge in [-0.2, -0.15) is 0 Å². The fraction of sp³-hybridized carbons (Fsp3) is 0.556. The van der Waals surface area contributed by atoms with Gasteiger partial charge in [0.15, 0.2) is 52.4 Å². The van der Waals surface area contributed by atoms with Crippen LogP contribution in [0.2, 0.25) is 0 Å². The minimum absolute atomic E-state index is 0.0465. The molecule has 0 spiro atoms. The Morgan fingerprint density at radius 2 is 1.48 bits per heavy atom. The predicted molar refractivity (Wildman–Crippen MR) is 221 cm³/mol. The largest absolute Gasteiger partial charge is 0.493 e. The number of aromatic carboxylic acids is 1. The van der Waals surface area contributed by atoms with E-state index in [2.05, 4.69) is 10.6 Å². The molecular weight excluding hydrogens is 866 g/mol. The first kappa shape index (κ1) is 51.7. The number of halogens is 4. The highest BCUT2D eigenvalue weighted by atomic mass is 19.2. The molecule has 4 rings (SSSR count). The van der Waals surface area contributed by atoms with Gasteiger partial charge in [0.1, 0.15) is 11.6 Å². The molecule has 16 nitrogen and oxygen atoms in total. The van der Waals surface area contributed by atoms with Crippen LogP contribution in [0.3, 0.4) is 0 Å². The number of carbonyl (C=O) groups is 8. The number of ether oxygens (including phenoxy) is 3. The van der Waals surface area contributed by atoms with Crippen LogP contribution in [0.15, 0.2) is 18.2 Å². The van der Waals surface area contributed by atoms with Gasteiger partial charge in [-0.05, 0) is 52.0 Å². The van der Waals surface area contributed by atoms with Crippen molar-refractivity contribution in [2.75, 3.05) is 20.8 Å². The molecule has 20 heteroatoms. The van der Waals surface area contributed by atoms with Crippen molar-refractivity contribution in [3.05, 3.63) is 58.2 Å². The zero-order valence-corrected chi connectivity index (χ0v) is 37.0. The van der Waals surface area contributed by atoms with Crippen molar-refractivity contribution in [1.82, 2.24) is 15.5 Å². The highest BCUT2D eigenvalue weighted by Gasteiger charge is 2.46. The molecule has 0 bridgehead atoms. The summed E-state index contributed by atoms with van der Waals surface area (Å²) in [5.74, 6) is -21.0. The summed E-state index contributed by atoms with van der Waals surface area (Å²) < 4.78 is 75.0. The van der Waals surface area contributed by atoms with E-state index in [1.807, 2.05) is 0 Å². The molecular formula is C45H55F4N3O13. The summed E-state index contributed by atoms with van der Waals surface area (Å²) >= 11 is 0. The van der Waals surface area contributed by atoms with Crippen molar-refractivity contribution in [3.63, 3.8) is 0 Å². The standard InChI is InChI=1S/C45H55F4N3O13/c1-7-12-23(39(56)27(53)17-18-30(55)50-38(44(61)62)25-15-11-16-29(63-5)40(25)64-6)19-28(54)26-20-24(65-45(2,3)4)21-52(26)42(58)37(22-13-9-8-10-14-22)51-41(57)31-32(43(59)60)34(47)36(49)35(48)33(31)46/h11,15-16,22-24,26,37-38H,7-10,12-14,17-21H2,1-6H3,(H,50,55)(H,51,57)(H,59,60)(H,61,62)/t23?,24-,26+,37+,38?/m1/s1. The van der Waals surface area contributed by atoms with E-state index < -0.39 is 142 Å². The minimum Gasteiger partial charge on any atom is -0.493 e. The second kappa shape index (κ2) is 22.3. The zero-order valence-electron chi connectivity index (χ0n) is 37.0. The Morgan fingerprint density at radius 3 is 2.03 bits per heavy atom. The number of hydrogen-bond acceptors (Lipinski definition) is 11. The van der Waals surface area contributed by atoms with Crippen molar-refractivity contribution in [2.24, 2.45) is 11.8 Å². The summed E-state index contributed by atoms with van der Waals surface area (Å²) in [6, 6.07) is -0.107. The Morgan fingerprint density at radius 1 is 0.846 bits per heavy atom. The Labute approximate surface area is 372 Å². The van der Waals surface area contributed by atoms with Crippen LogP contribution in [-0.2, 0) is 33.5 Å². The van der Waals surface area contributed by atoms with Gasteiger partial charge in [0.25, 0.3) is 5.91 Å². The molecule has 0 aromatic heterocycles. The number of methoxy groups -OCH3 is 2. The molecule has 0 radical (unpaired) electrons. The van der Waals surface area contributed by atoms with Crippen LogP contribution >= 0.6 is 0 Å². The number of nitrogens with zero attached hydrogens (tertiary/aromatic N) is 1. The summed E-state index contributed by atoms with van der Waals surface area (Å²) in [4.78, 5) is 108. The lowest BCUT2D eigenvalue weighted by atomic mass is 9.82. The molecule has 2 fully saturated rings. The van der Waals surface area contributed by atoms with Gasteiger partial charge in [-0.25, -0.2) is 27.2 Å². The number of benzene rings is 2. The van der Waals surface area contributed by atoms with E-state index in [4.69, 9.17) is 14.2 Å². The van der Waals surface area contributed by atoms with Crippen LogP contribution in [0.4, 0.5) is 17.6 Å². The molecule has 2 aromatic carbocycles. The van der Waals surface area contributed by atoms with Crippen LogP contribution in [0.5, 0.6) is 11.5 Å². The number of amides is 3. The maximum Gasteiger partial charge on any atom is 0.339 e. The zero-order chi connectivity index (χ0) is 48.5. The SMILES string of the molecule is CCCC(CC(=O)[C@@H]1C[C@@H](OC(C)(C)C)CN1C(=O)[C@@H](NC(=O)c1c(F)c(F)c(F)c(F)c1C(=O)O)C1CCCCC1)C(=O)C(=O)CCC(=O)NC(C(=O)O)c1cccc(OC)c1OC. The first-order chi connectivity index (χ1) is 30.6. The molecule has 356 valence electrons. The van der Waals surface area contributed by atoms with E-state index in [0.717, 1.165) is 11.3 Å². The molecule has 2 aliphatic rings. The maximum absolute atomic E-state index is 15.1. The third kappa shape index (κ3) is 12.5. The van der Waals surface area contributed by atoms with Crippen LogP contribution in [-0.4, -0.2) is 107 Å². The number of ketones is 3. The van der Waals surface area contributed by atoms with Crippen molar-refractivity contribution in [2.45, 2.75) is 128 Å². The van der Waals surface area contributed by atoms with Crippen molar-refractivity contribution >= 4 is 47.0 Å². The number of carboxylic acids is 2. The average Bonchev–Trinajstić information content (AvgIpc) is 3.68. The third-order valence-corrected chi connectivity index (χ3v) is 11.4. The van der Waals surface area contributed by atoms with Gasteiger partial charge in [-0.15, -0.1) is 0 Å². The molecule has 65 heavy (non-hydrogen) atoms. The topological polar surface area (TPSA) is 232 Å². The molecule has 1 aliphatic heterocycles. The Bertz CT molecular complexity index is 2170. The Kier molecular flexibility index (Phi) is 17.8. The average molecular weight is 922 g/mol. The molecule has 1 heterocycles. The molecule has 4 N–H and O–H groups in total. The number of para-hydroxylation sites is 1. The quantitative estimate of drug-likeness (QED) is 0.0513. The van der Waals surface area contributed by atoms with Gasteiger partial charge < -0.3 is 40.0 Å². The van der Waals surface area contributed by atoms with E-state index in [1.165, 1.54) is 32.4 Å². The summed E-state index contributed by atoms with van der Waals surface area (Å²) in [5, 5.41) is 24.1. The van der Waals surface area contributed by atoms with E-state index in [0.29, 0.717) is 32.1 Å². The van der Waals surface area contributed by atoms with Gasteiger partial charge in [-0.1, -0.05) is 44.7 Å². The van der Waals surface area contributed by atoms with E-state index >= 15 is 4.39 Å². The minimum atomic E-state index is -2.46. The molecule has 1 saturated heterocycles. The Hall–Kier alpha value is -5.92. The number of aliphatic carboxylic acids is 1. The lowest BCUT2D eigenvalue weighted by Gasteiger charge is -2.35. The smallest absolute Gasteiger partial charge is 0.339 e. The second-order valence-corrected chi connectivity index (χ2v) is 17.1. The molecule has 2 unspecified atom stereocenters. The number of likely N-dealkylation sites (tertiary alicyclic amines) is 1. The number of hydrogen-bond donors (Lipinski definition) is 4. The van der Waals surface area contributed by atoms with E-state index in [1.54, 1.807) is 27.7 Å². The Balaban J connectivity index is 1.58. The van der Waals surface area contributed by atoms with Crippen LogP contribution in [0, 0.1) is 35.1 Å². The predicted octanol–water partition coefficient (Wildman–Crippen LogP) is 5.66. The molecule has 1 aliphatic carbocycles. The monoisotopic (exact) mass is 921 g/mol. The van der Waals surface area contributed by atoms with Crippen LogP contribution in [0.25, 0.3) is 0 Å². The number of nitrogens with one attached hydrogen (secondary N) is 2. The summed E-state index contributed by atoms with van der Waals surface area (Å²) in [5.41, 5.74) is -4.20. The highest BCUT2D eigenvalue weighted by Crippen LogP contribution is 2.36. The lowest BCUT2D eigenvalue weighted by molar-refractivity contribution is -0.143. The normalized spacial score (nSPS) is 18.0. The second-order valence-electron chi connectivity index (χ2n) is 17.1. The first-order valence-corrected chi connectivity index (χ1v) is 21.3. The molecule has 5 atom stereocenters. The fourth-order valence-electron chi connectivity index (χ4n) is 8.49. The van der Waals surface area contributed by atoms with Crippen LogP contribution < -0.4 is 20.1 Å². The number of Topliss-reactive ketones (excluding diaryl/α,β-unsaturated/α-hetero) is 3. The first-order valence-electron chi connectivity index (χ1n) is 21.3. The molecule has 1 saturated carbocycles. The van der Waals surface area contributed by atoms with E-state index in [9.17, 15) is 61.7 Å². The summed E-state index contributed by atoms with van der Waals surface area (Å²) in [6.45, 7) is 6.67. The third-order valence-electron chi connectivity index (χ3n) is 11.4.